The maximum Gasteiger partial charge on any atom is 0.122 e. The zero-order chi connectivity index (χ0) is 15.6. The Bertz CT molecular complexity index is 305. The number of nitrogens with one attached hydrogen (secondary N) is 1. The minimum atomic E-state index is -0.410. The summed E-state index contributed by atoms with van der Waals surface area (Å²) in [6.45, 7) is 12.2. The van der Waals surface area contributed by atoms with Crippen molar-refractivity contribution in [3.63, 3.8) is 0 Å². The number of nitriles is 1. The van der Waals surface area contributed by atoms with Gasteiger partial charge in [-0.3, -0.25) is 10.2 Å². The summed E-state index contributed by atoms with van der Waals surface area (Å²) in [6, 6.07) is 2.56. The van der Waals surface area contributed by atoms with Gasteiger partial charge in [-0.25, -0.2) is 0 Å². The SMILES string of the molecule is CCNC(C#N)(CN(CCOCC)CCOCC)C1CC1. The molecule has 0 aromatic heterocycles. The van der Waals surface area contributed by atoms with Gasteiger partial charge in [0.2, 0.25) is 0 Å². The van der Waals surface area contributed by atoms with Crippen molar-refractivity contribution in [3.05, 3.63) is 0 Å². The van der Waals surface area contributed by atoms with Gasteiger partial charge < -0.3 is 9.47 Å². The van der Waals surface area contributed by atoms with E-state index in [2.05, 4.69) is 23.2 Å². The van der Waals surface area contributed by atoms with Crippen LogP contribution in [0.25, 0.3) is 0 Å². The molecule has 1 unspecified atom stereocenters. The fourth-order valence-corrected chi connectivity index (χ4v) is 2.69. The fraction of sp³-hybridized carbons (Fsp3) is 0.938. The van der Waals surface area contributed by atoms with Crippen LogP contribution in [0.3, 0.4) is 0 Å². The molecule has 0 bridgehead atoms. The molecule has 0 saturated heterocycles. The lowest BCUT2D eigenvalue weighted by atomic mass is 9.94. The Morgan fingerprint density at radius 1 is 1.14 bits per heavy atom. The molecule has 0 aliphatic heterocycles. The van der Waals surface area contributed by atoms with Crippen molar-refractivity contribution in [2.75, 3.05) is 52.6 Å². The van der Waals surface area contributed by atoms with Crippen LogP contribution in [0.1, 0.15) is 33.6 Å². The summed E-state index contributed by atoms with van der Waals surface area (Å²) in [6.07, 6.45) is 2.32. The first-order valence-corrected chi connectivity index (χ1v) is 8.26. The normalized spacial score (nSPS) is 17.7. The summed E-state index contributed by atoms with van der Waals surface area (Å²) >= 11 is 0. The van der Waals surface area contributed by atoms with E-state index in [1.54, 1.807) is 0 Å². The van der Waals surface area contributed by atoms with Crippen molar-refractivity contribution in [1.29, 1.82) is 5.26 Å². The lowest BCUT2D eigenvalue weighted by Crippen LogP contribution is -2.55. The number of ether oxygens (including phenoxy) is 2. The predicted octanol–water partition coefficient (Wildman–Crippen LogP) is 1.64. The largest absolute Gasteiger partial charge is 0.380 e. The summed E-state index contributed by atoms with van der Waals surface area (Å²) in [5, 5.41) is 13.1. The third kappa shape index (κ3) is 6.31. The van der Waals surface area contributed by atoms with Crippen LogP contribution in [0.4, 0.5) is 0 Å². The highest BCUT2D eigenvalue weighted by Crippen LogP contribution is 2.39. The van der Waals surface area contributed by atoms with E-state index in [4.69, 9.17) is 9.47 Å². The average Bonchev–Trinajstić information content (AvgIpc) is 3.32. The molecule has 0 heterocycles. The maximum atomic E-state index is 9.71. The number of nitrogens with zero attached hydrogens (tertiary/aromatic N) is 2. The molecule has 1 fully saturated rings. The molecule has 0 aromatic carbocycles. The van der Waals surface area contributed by atoms with Crippen LogP contribution in [0.2, 0.25) is 0 Å². The molecule has 1 rings (SSSR count). The average molecular weight is 297 g/mol. The van der Waals surface area contributed by atoms with E-state index in [1.165, 1.54) is 0 Å². The first kappa shape index (κ1) is 18.4. The second kappa shape index (κ2) is 10.1. The van der Waals surface area contributed by atoms with Crippen LogP contribution < -0.4 is 5.32 Å². The molecule has 1 aliphatic rings. The first-order valence-electron chi connectivity index (χ1n) is 8.26. The molecule has 1 saturated carbocycles. The van der Waals surface area contributed by atoms with Gasteiger partial charge in [0.15, 0.2) is 0 Å². The fourth-order valence-electron chi connectivity index (χ4n) is 2.69. The minimum absolute atomic E-state index is 0.410. The Hall–Kier alpha value is -0.670. The lowest BCUT2D eigenvalue weighted by molar-refractivity contribution is 0.0711. The Kier molecular flexibility index (Phi) is 8.86. The molecule has 1 N–H and O–H groups in total. The Morgan fingerprint density at radius 2 is 1.71 bits per heavy atom. The van der Waals surface area contributed by atoms with Crippen molar-refractivity contribution in [1.82, 2.24) is 10.2 Å². The number of hydrogen-bond donors (Lipinski definition) is 1. The molecule has 1 atom stereocenters. The highest BCUT2D eigenvalue weighted by Gasteiger charge is 2.46. The van der Waals surface area contributed by atoms with Crippen molar-refractivity contribution >= 4 is 0 Å². The van der Waals surface area contributed by atoms with Gasteiger partial charge in [-0.1, -0.05) is 6.92 Å². The van der Waals surface area contributed by atoms with Gasteiger partial charge in [0, 0.05) is 32.8 Å². The molecule has 0 aromatic rings. The summed E-state index contributed by atoms with van der Waals surface area (Å²) < 4.78 is 10.9. The second-order valence-corrected chi connectivity index (χ2v) is 5.56. The summed E-state index contributed by atoms with van der Waals surface area (Å²) in [7, 11) is 0. The van der Waals surface area contributed by atoms with E-state index >= 15 is 0 Å². The van der Waals surface area contributed by atoms with Crippen LogP contribution in [-0.2, 0) is 9.47 Å². The van der Waals surface area contributed by atoms with Crippen molar-refractivity contribution in [2.24, 2.45) is 5.92 Å². The standard InChI is InChI=1S/C16H31N3O2/c1-4-18-16(13-17,15-7-8-15)14-19(9-11-20-5-2)10-12-21-6-3/h15,18H,4-12,14H2,1-3H3. The number of hydrogen-bond acceptors (Lipinski definition) is 5. The summed E-state index contributed by atoms with van der Waals surface area (Å²) in [5.74, 6) is 0.490. The van der Waals surface area contributed by atoms with E-state index in [9.17, 15) is 5.26 Å². The lowest BCUT2D eigenvalue weighted by Gasteiger charge is -2.34. The van der Waals surface area contributed by atoms with Crippen molar-refractivity contribution < 1.29 is 9.47 Å². The third-order valence-electron chi connectivity index (χ3n) is 3.95. The van der Waals surface area contributed by atoms with Gasteiger partial charge in [-0.15, -0.1) is 0 Å². The van der Waals surface area contributed by atoms with E-state index in [1.807, 2.05) is 13.8 Å². The molecule has 0 spiro atoms. The zero-order valence-corrected chi connectivity index (χ0v) is 13.9. The minimum Gasteiger partial charge on any atom is -0.380 e. The summed E-state index contributed by atoms with van der Waals surface area (Å²) in [5.41, 5.74) is -0.410. The van der Waals surface area contributed by atoms with E-state index in [0.29, 0.717) is 19.1 Å². The highest BCUT2D eigenvalue weighted by atomic mass is 16.5. The predicted molar refractivity (Wildman–Crippen MR) is 84.2 cm³/mol. The van der Waals surface area contributed by atoms with E-state index < -0.39 is 5.54 Å². The molecule has 0 amide bonds. The quantitative estimate of drug-likeness (QED) is 0.524. The second-order valence-electron chi connectivity index (χ2n) is 5.56. The van der Waals surface area contributed by atoms with Gasteiger partial charge in [-0.05, 0) is 39.2 Å². The molecular weight excluding hydrogens is 266 g/mol. The van der Waals surface area contributed by atoms with Gasteiger partial charge >= 0.3 is 0 Å². The van der Waals surface area contributed by atoms with Crippen LogP contribution in [0.15, 0.2) is 0 Å². The Balaban J connectivity index is 2.59. The zero-order valence-electron chi connectivity index (χ0n) is 13.9. The van der Waals surface area contributed by atoms with Gasteiger partial charge in [-0.2, -0.15) is 5.26 Å². The third-order valence-corrected chi connectivity index (χ3v) is 3.95. The molecule has 5 nitrogen and oxygen atoms in total. The van der Waals surface area contributed by atoms with Crippen LogP contribution >= 0.6 is 0 Å². The van der Waals surface area contributed by atoms with Crippen molar-refractivity contribution in [2.45, 2.75) is 39.2 Å². The van der Waals surface area contributed by atoms with E-state index in [-0.39, 0.29) is 0 Å². The van der Waals surface area contributed by atoms with Gasteiger partial charge in [0.1, 0.15) is 5.54 Å². The Labute approximate surface area is 129 Å². The van der Waals surface area contributed by atoms with Crippen molar-refractivity contribution in [3.8, 4) is 6.07 Å². The monoisotopic (exact) mass is 297 g/mol. The maximum absolute atomic E-state index is 9.71. The number of likely N-dealkylation sites (N-methyl/N-ethyl adjacent to an activating group) is 1. The molecule has 21 heavy (non-hydrogen) atoms. The number of rotatable bonds is 13. The van der Waals surface area contributed by atoms with Crippen LogP contribution in [0.5, 0.6) is 0 Å². The Morgan fingerprint density at radius 3 is 2.10 bits per heavy atom. The van der Waals surface area contributed by atoms with E-state index in [0.717, 1.165) is 52.2 Å². The molecular formula is C16H31N3O2. The van der Waals surface area contributed by atoms with Crippen LogP contribution in [-0.4, -0.2) is 63.0 Å². The first-order chi connectivity index (χ1) is 10.2. The van der Waals surface area contributed by atoms with Gasteiger partial charge in [0.05, 0.1) is 19.3 Å². The molecule has 0 radical (unpaired) electrons. The highest BCUT2D eigenvalue weighted by molar-refractivity contribution is 5.16. The molecule has 122 valence electrons. The molecule has 5 heteroatoms. The van der Waals surface area contributed by atoms with Crippen LogP contribution in [0, 0.1) is 17.2 Å². The van der Waals surface area contributed by atoms with Gasteiger partial charge in [0.25, 0.3) is 0 Å². The summed E-state index contributed by atoms with van der Waals surface area (Å²) in [4.78, 5) is 2.30. The smallest absolute Gasteiger partial charge is 0.122 e. The molecule has 1 aliphatic carbocycles. The topological polar surface area (TPSA) is 57.5 Å².